The number of carbonyl (C=O) groups is 1. The number of allylic oxidation sites excluding steroid dienone is 1. The Labute approximate surface area is 113 Å². The van der Waals surface area contributed by atoms with Gasteiger partial charge in [0, 0.05) is 17.3 Å². The number of H-pyrrole nitrogens is 1. The number of nitrogens with one attached hydrogen (secondary N) is 2. The lowest BCUT2D eigenvalue weighted by atomic mass is 10.0. The molecule has 5 nitrogen and oxygen atoms in total. The van der Waals surface area contributed by atoms with E-state index in [0.29, 0.717) is 27.7 Å². The zero-order chi connectivity index (χ0) is 14.3. The van der Waals surface area contributed by atoms with Crippen molar-refractivity contribution in [2.24, 2.45) is 0 Å². The Morgan fingerprint density at radius 1 is 1.45 bits per heavy atom. The Morgan fingerprint density at radius 3 is 2.95 bits per heavy atom. The SMILES string of the molecule is COC1=C(C#N)Cc2c([nH]c3ccc(F)cc23)C(=O)N1. The second kappa shape index (κ2) is 4.38. The van der Waals surface area contributed by atoms with Gasteiger partial charge in [0.1, 0.15) is 17.6 Å². The van der Waals surface area contributed by atoms with Gasteiger partial charge < -0.3 is 9.72 Å². The van der Waals surface area contributed by atoms with Crippen molar-refractivity contribution in [2.75, 3.05) is 7.11 Å². The summed E-state index contributed by atoms with van der Waals surface area (Å²) in [5.41, 5.74) is 1.88. The number of hydrogen-bond acceptors (Lipinski definition) is 3. The smallest absolute Gasteiger partial charge is 0.274 e. The lowest BCUT2D eigenvalue weighted by Gasteiger charge is -2.06. The number of aromatic amines is 1. The Kier molecular flexibility index (Phi) is 2.68. The third-order valence-corrected chi connectivity index (χ3v) is 3.29. The van der Waals surface area contributed by atoms with E-state index in [1.165, 1.54) is 19.2 Å². The molecular weight excluding hydrogens is 261 g/mol. The number of rotatable bonds is 1. The second-order valence-corrected chi connectivity index (χ2v) is 4.42. The highest BCUT2D eigenvalue weighted by Crippen LogP contribution is 2.28. The van der Waals surface area contributed by atoms with Gasteiger partial charge in [0.05, 0.1) is 12.7 Å². The van der Waals surface area contributed by atoms with Gasteiger partial charge in [-0.1, -0.05) is 0 Å². The molecule has 0 spiro atoms. The summed E-state index contributed by atoms with van der Waals surface area (Å²) in [6.45, 7) is 0. The average Bonchev–Trinajstić information content (AvgIpc) is 2.73. The van der Waals surface area contributed by atoms with Crippen LogP contribution in [0.4, 0.5) is 4.39 Å². The molecule has 1 aromatic carbocycles. The third kappa shape index (κ3) is 1.72. The fourth-order valence-electron chi connectivity index (χ4n) is 2.36. The van der Waals surface area contributed by atoms with Crippen molar-refractivity contribution < 1.29 is 13.9 Å². The minimum atomic E-state index is -0.404. The van der Waals surface area contributed by atoms with Crippen LogP contribution in [0, 0.1) is 17.1 Å². The molecule has 0 aliphatic carbocycles. The number of benzene rings is 1. The van der Waals surface area contributed by atoms with Crippen molar-refractivity contribution in [1.29, 1.82) is 5.26 Å². The highest BCUT2D eigenvalue weighted by Gasteiger charge is 2.25. The number of nitriles is 1. The molecular formula is C14H10FN3O2. The van der Waals surface area contributed by atoms with Gasteiger partial charge in [0.15, 0.2) is 0 Å². The van der Waals surface area contributed by atoms with Crippen LogP contribution in [-0.4, -0.2) is 18.0 Å². The number of nitrogens with zero attached hydrogens (tertiary/aromatic N) is 1. The number of aromatic nitrogens is 1. The number of fused-ring (bicyclic) bond motifs is 3. The van der Waals surface area contributed by atoms with Crippen molar-refractivity contribution >= 4 is 16.8 Å². The number of amides is 1. The van der Waals surface area contributed by atoms with Crippen LogP contribution < -0.4 is 5.32 Å². The first-order valence-electron chi connectivity index (χ1n) is 5.92. The van der Waals surface area contributed by atoms with Gasteiger partial charge in [0.2, 0.25) is 5.88 Å². The Hall–Kier alpha value is -2.81. The molecule has 2 N–H and O–H groups in total. The van der Waals surface area contributed by atoms with Crippen molar-refractivity contribution in [3.63, 3.8) is 0 Å². The molecule has 0 saturated carbocycles. The van der Waals surface area contributed by atoms with Crippen LogP contribution in [0.3, 0.4) is 0 Å². The Balaban J connectivity index is 2.27. The number of carbonyl (C=O) groups excluding carboxylic acids is 1. The van der Waals surface area contributed by atoms with E-state index in [9.17, 15) is 14.4 Å². The van der Waals surface area contributed by atoms with Crippen LogP contribution in [0.1, 0.15) is 16.1 Å². The fourth-order valence-corrected chi connectivity index (χ4v) is 2.36. The largest absolute Gasteiger partial charge is 0.482 e. The molecule has 1 aliphatic rings. The maximum absolute atomic E-state index is 13.4. The molecule has 0 atom stereocenters. The first-order valence-corrected chi connectivity index (χ1v) is 5.92. The average molecular weight is 271 g/mol. The molecule has 1 aliphatic heterocycles. The van der Waals surface area contributed by atoms with E-state index in [4.69, 9.17) is 4.74 Å². The summed E-state index contributed by atoms with van der Waals surface area (Å²) in [4.78, 5) is 15.1. The van der Waals surface area contributed by atoms with Gasteiger partial charge in [-0.15, -0.1) is 0 Å². The number of hydrogen-bond donors (Lipinski definition) is 2. The van der Waals surface area contributed by atoms with Gasteiger partial charge in [0.25, 0.3) is 5.91 Å². The highest BCUT2D eigenvalue weighted by atomic mass is 19.1. The summed E-state index contributed by atoms with van der Waals surface area (Å²) in [5, 5.41) is 12.3. The normalized spacial score (nSPS) is 14.6. The van der Waals surface area contributed by atoms with E-state index < -0.39 is 11.7 Å². The number of methoxy groups -OCH3 is 1. The predicted molar refractivity (Wildman–Crippen MR) is 69.1 cm³/mol. The maximum atomic E-state index is 13.4. The van der Waals surface area contributed by atoms with Crippen LogP contribution in [0.5, 0.6) is 0 Å². The Bertz CT molecular complexity index is 799. The quantitative estimate of drug-likeness (QED) is 0.832. The maximum Gasteiger partial charge on any atom is 0.274 e. The van der Waals surface area contributed by atoms with Gasteiger partial charge in [-0.2, -0.15) is 5.26 Å². The van der Waals surface area contributed by atoms with Crippen LogP contribution >= 0.6 is 0 Å². The summed E-state index contributed by atoms with van der Waals surface area (Å²) in [5.74, 6) is -0.663. The molecule has 20 heavy (non-hydrogen) atoms. The first-order chi connectivity index (χ1) is 9.63. The molecule has 6 heteroatoms. The summed E-state index contributed by atoms with van der Waals surface area (Å²) < 4.78 is 18.4. The van der Waals surface area contributed by atoms with Gasteiger partial charge in [-0.05, 0) is 23.8 Å². The summed E-state index contributed by atoms with van der Waals surface area (Å²) in [7, 11) is 1.38. The van der Waals surface area contributed by atoms with E-state index in [0.717, 1.165) is 0 Å². The standard InChI is InChI=1S/C14H10FN3O2/c1-20-14-7(6-16)4-10-9-5-8(15)2-3-11(9)17-12(10)13(19)18-14/h2-3,5,17H,4H2,1H3,(H,18,19). The van der Waals surface area contributed by atoms with Gasteiger partial charge in [-0.3, -0.25) is 10.1 Å². The second-order valence-electron chi connectivity index (χ2n) is 4.42. The molecule has 2 aromatic rings. The van der Waals surface area contributed by atoms with Crippen LogP contribution in [0.25, 0.3) is 10.9 Å². The van der Waals surface area contributed by atoms with Gasteiger partial charge >= 0.3 is 0 Å². The summed E-state index contributed by atoms with van der Waals surface area (Å²) in [6, 6.07) is 6.25. The number of ether oxygens (including phenoxy) is 1. The van der Waals surface area contributed by atoms with E-state index >= 15 is 0 Å². The van der Waals surface area contributed by atoms with Crippen LogP contribution in [0.2, 0.25) is 0 Å². The van der Waals surface area contributed by atoms with E-state index in [2.05, 4.69) is 10.3 Å². The van der Waals surface area contributed by atoms with Crippen LogP contribution in [-0.2, 0) is 11.2 Å². The fraction of sp³-hybridized carbons (Fsp3) is 0.143. The van der Waals surface area contributed by atoms with E-state index in [1.807, 2.05) is 6.07 Å². The Morgan fingerprint density at radius 2 is 2.25 bits per heavy atom. The molecule has 1 aromatic heterocycles. The molecule has 3 rings (SSSR count). The topological polar surface area (TPSA) is 77.9 Å². The first kappa shape index (κ1) is 12.2. The van der Waals surface area contributed by atoms with Crippen molar-refractivity contribution in [1.82, 2.24) is 10.3 Å². The molecule has 0 bridgehead atoms. The molecule has 2 heterocycles. The minimum Gasteiger partial charge on any atom is -0.482 e. The zero-order valence-corrected chi connectivity index (χ0v) is 10.6. The van der Waals surface area contributed by atoms with Crippen molar-refractivity contribution in [3.05, 3.63) is 46.7 Å². The molecule has 0 unspecified atom stereocenters. The minimum absolute atomic E-state index is 0.131. The van der Waals surface area contributed by atoms with Gasteiger partial charge in [-0.25, -0.2) is 4.39 Å². The summed E-state index contributed by atoms with van der Waals surface area (Å²) >= 11 is 0. The predicted octanol–water partition coefficient (Wildman–Crippen LogP) is 1.97. The monoisotopic (exact) mass is 271 g/mol. The zero-order valence-electron chi connectivity index (χ0n) is 10.6. The van der Waals surface area contributed by atoms with Crippen LogP contribution in [0.15, 0.2) is 29.7 Å². The lowest BCUT2D eigenvalue weighted by Crippen LogP contribution is -2.24. The molecule has 1 amide bonds. The third-order valence-electron chi connectivity index (χ3n) is 3.29. The van der Waals surface area contributed by atoms with E-state index in [1.54, 1.807) is 6.07 Å². The highest BCUT2D eigenvalue weighted by molar-refractivity contribution is 6.02. The van der Waals surface area contributed by atoms with Crippen molar-refractivity contribution in [2.45, 2.75) is 6.42 Å². The molecule has 0 radical (unpaired) electrons. The van der Waals surface area contributed by atoms with E-state index in [-0.39, 0.29) is 12.3 Å². The number of halogens is 1. The molecule has 0 saturated heterocycles. The van der Waals surface area contributed by atoms with Crippen molar-refractivity contribution in [3.8, 4) is 6.07 Å². The molecule has 100 valence electrons. The summed E-state index contributed by atoms with van der Waals surface area (Å²) in [6.07, 6.45) is 0.206. The molecule has 0 fully saturated rings. The lowest BCUT2D eigenvalue weighted by molar-refractivity contribution is 0.0932.